The molecule has 3 rings (SSSR count). The number of amides is 3. The first-order chi connectivity index (χ1) is 12.9. The largest absolute Gasteiger partial charge is 0.454 e. The number of likely N-dealkylation sites (tertiary alicyclic amines) is 1. The highest BCUT2D eigenvalue weighted by Crippen LogP contribution is 2.37. The quantitative estimate of drug-likeness (QED) is 0.630. The fourth-order valence-corrected chi connectivity index (χ4v) is 3.76. The van der Waals surface area contributed by atoms with Gasteiger partial charge >= 0.3 is 5.97 Å². The highest BCUT2D eigenvalue weighted by molar-refractivity contribution is 6.07. The molecule has 27 heavy (non-hydrogen) atoms. The van der Waals surface area contributed by atoms with Crippen LogP contribution in [0.15, 0.2) is 18.2 Å². The molecule has 2 unspecified atom stereocenters. The fraction of sp³-hybridized carbons (Fsp3) is 0.500. The zero-order chi connectivity index (χ0) is 19.6. The van der Waals surface area contributed by atoms with Crippen molar-refractivity contribution in [3.05, 3.63) is 29.3 Å². The van der Waals surface area contributed by atoms with Crippen LogP contribution < -0.4 is 5.32 Å². The predicted molar refractivity (Wildman–Crippen MR) is 97.7 cm³/mol. The minimum absolute atomic E-state index is 0.290. The minimum atomic E-state index is -0.758. The average molecular weight is 372 g/mol. The third-order valence-corrected chi connectivity index (χ3v) is 5.25. The second-order valence-electron chi connectivity index (χ2n) is 7.29. The SMILES string of the molecule is Cc1ccc(C)c(NC(=O)COC(=O)CN2C(=O)C3CCCCC3C2=O)c1. The number of carbonyl (C=O) groups excluding carboxylic acids is 4. The number of hydrogen-bond acceptors (Lipinski definition) is 5. The highest BCUT2D eigenvalue weighted by Gasteiger charge is 2.48. The van der Waals surface area contributed by atoms with E-state index >= 15 is 0 Å². The molecule has 1 N–H and O–H groups in total. The molecule has 144 valence electrons. The number of esters is 1. The van der Waals surface area contributed by atoms with Crippen molar-refractivity contribution in [2.45, 2.75) is 39.5 Å². The van der Waals surface area contributed by atoms with Crippen LogP contribution in [0.25, 0.3) is 0 Å². The summed E-state index contributed by atoms with van der Waals surface area (Å²) >= 11 is 0. The van der Waals surface area contributed by atoms with Crippen LogP contribution in [0.3, 0.4) is 0 Å². The Bertz CT molecular complexity index is 765. The van der Waals surface area contributed by atoms with Gasteiger partial charge in [0.05, 0.1) is 11.8 Å². The second kappa shape index (κ2) is 7.90. The van der Waals surface area contributed by atoms with Gasteiger partial charge in [-0.25, -0.2) is 0 Å². The Morgan fingerprint density at radius 2 is 1.74 bits per heavy atom. The van der Waals surface area contributed by atoms with Gasteiger partial charge in [-0.2, -0.15) is 0 Å². The lowest BCUT2D eigenvalue weighted by atomic mass is 9.81. The first-order valence-electron chi connectivity index (χ1n) is 9.25. The van der Waals surface area contributed by atoms with Gasteiger partial charge in [0, 0.05) is 5.69 Å². The van der Waals surface area contributed by atoms with Crippen molar-refractivity contribution >= 4 is 29.4 Å². The summed E-state index contributed by atoms with van der Waals surface area (Å²) in [6.45, 7) is 2.89. The number of aryl methyl sites for hydroxylation is 2. The summed E-state index contributed by atoms with van der Waals surface area (Å²) in [7, 11) is 0. The van der Waals surface area contributed by atoms with Gasteiger partial charge in [-0.05, 0) is 43.9 Å². The van der Waals surface area contributed by atoms with Crippen molar-refractivity contribution in [3.63, 3.8) is 0 Å². The molecule has 0 spiro atoms. The van der Waals surface area contributed by atoms with Crippen LogP contribution in [0, 0.1) is 25.7 Å². The number of benzene rings is 1. The van der Waals surface area contributed by atoms with E-state index in [-0.39, 0.29) is 23.7 Å². The first-order valence-corrected chi connectivity index (χ1v) is 9.25. The van der Waals surface area contributed by atoms with E-state index in [0.29, 0.717) is 18.5 Å². The van der Waals surface area contributed by atoms with Crippen molar-refractivity contribution < 1.29 is 23.9 Å². The number of nitrogens with one attached hydrogen (secondary N) is 1. The van der Waals surface area contributed by atoms with Crippen LogP contribution in [-0.4, -0.2) is 41.7 Å². The Balaban J connectivity index is 1.51. The fourth-order valence-electron chi connectivity index (χ4n) is 3.76. The van der Waals surface area contributed by atoms with Gasteiger partial charge < -0.3 is 10.1 Å². The first kappa shape index (κ1) is 19.1. The van der Waals surface area contributed by atoms with E-state index in [0.717, 1.165) is 28.9 Å². The van der Waals surface area contributed by atoms with E-state index in [1.807, 2.05) is 32.0 Å². The number of nitrogens with zero attached hydrogens (tertiary/aromatic N) is 1. The van der Waals surface area contributed by atoms with Crippen LogP contribution in [0.1, 0.15) is 36.8 Å². The standard InChI is InChI=1S/C20H24N2O5/c1-12-7-8-13(2)16(9-12)21-17(23)11-27-18(24)10-22-19(25)14-5-3-4-6-15(14)20(22)26/h7-9,14-15H,3-6,10-11H2,1-2H3,(H,21,23). The maximum atomic E-state index is 12.4. The molecule has 1 aromatic rings. The summed E-state index contributed by atoms with van der Waals surface area (Å²) in [5.74, 6) is -2.41. The minimum Gasteiger partial charge on any atom is -0.454 e. The Labute approximate surface area is 158 Å². The number of fused-ring (bicyclic) bond motifs is 1. The van der Waals surface area contributed by atoms with Crippen LogP contribution in [0.2, 0.25) is 0 Å². The van der Waals surface area contributed by atoms with Gasteiger partial charge in [0.25, 0.3) is 5.91 Å². The molecule has 1 aromatic carbocycles. The lowest BCUT2D eigenvalue weighted by Crippen LogP contribution is -2.37. The second-order valence-corrected chi connectivity index (χ2v) is 7.29. The third kappa shape index (κ3) is 4.18. The molecule has 0 aromatic heterocycles. The maximum Gasteiger partial charge on any atom is 0.326 e. The number of carbonyl (C=O) groups is 4. The van der Waals surface area contributed by atoms with E-state index in [2.05, 4.69) is 5.32 Å². The highest BCUT2D eigenvalue weighted by atomic mass is 16.5. The number of rotatable bonds is 5. The molecule has 3 amide bonds. The van der Waals surface area contributed by atoms with Crippen molar-refractivity contribution in [2.75, 3.05) is 18.5 Å². The van der Waals surface area contributed by atoms with E-state index in [1.165, 1.54) is 0 Å². The number of imide groups is 1. The predicted octanol–water partition coefficient (Wildman–Crippen LogP) is 1.96. The molecule has 2 fully saturated rings. The van der Waals surface area contributed by atoms with E-state index in [9.17, 15) is 19.2 Å². The summed E-state index contributed by atoms with van der Waals surface area (Å²) in [4.78, 5) is 49.7. The smallest absolute Gasteiger partial charge is 0.326 e. The van der Waals surface area contributed by atoms with Crippen LogP contribution >= 0.6 is 0 Å². The average Bonchev–Trinajstić information content (AvgIpc) is 2.88. The molecule has 1 aliphatic heterocycles. The van der Waals surface area contributed by atoms with Crippen molar-refractivity contribution in [2.24, 2.45) is 11.8 Å². The van der Waals surface area contributed by atoms with Gasteiger partial charge in [-0.15, -0.1) is 0 Å². The lowest BCUT2D eigenvalue weighted by Gasteiger charge is -2.19. The molecular weight excluding hydrogens is 348 g/mol. The molecule has 7 nitrogen and oxygen atoms in total. The lowest BCUT2D eigenvalue weighted by molar-refractivity contribution is -0.154. The third-order valence-electron chi connectivity index (χ3n) is 5.25. The van der Waals surface area contributed by atoms with Crippen molar-refractivity contribution in [1.82, 2.24) is 4.90 Å². The molecule has 0 radical (unpaired) electrons. The monoisotopic (exact) mass is 372 g/mol. The summed E-state index contributed by atoms with van der Waals surface area (Å²) < 4.78 is 4.96. The van der Waals surface area contributed by atoms with Crippen molar-refractivity contribution in [3.8, 4) is 0 Å². The molecule has 1 heterocycles. The van der Waals surface area contributed by atoms with E-state index < -0.39 is 25.0 Å². The molecule has 1 saturated carbocycles. The molecule has 2 atom stereocenters. The van der Waals surface area contributed by atoms with Crippen LogP contribution in [-0.2, 0) is 23.9 Å². The summed E-state index contributed by atoms with van der Waals surface area (Å²) in [5, 5.41) is 2.69. The van der Waals surface area contributed by atoms with Crippen LogP contribution in [0.4, 0.5) is 5.69 Å². The van der Waals surface area contributed by atoms with Gasteiger partial charge in [-0.3, -0.25) is 24.1 Å². The zero-order valence-electron chi connectivity index (χ0n) is 15.6. The Morgan fingerprint density at radius 1 is 1.11 bits per heavy atom. The van der Waals surface area contributed by atoms with Crippen LogP contribution in [0.5, 0.6) is 0 Å². The number of hydrogen-bond donors (Lipinski definition) is 1. The summed E-state index contributed by atoms with van der Waals surface area (Å²) in [6, 6.07) is 5.66. The topological polar surface area (TPSA) is 92.8 Å². The molecule has 1 aliphatic carbocycles. The Hall–Kier alpha value is -2.70. The van der Waals surface area contributed by atoms with Gasteiger partial charge in [-0.1, -0.05) is 25.0 Å². The maximum absolute atomic E-state index is 12.4. The zero-order valence-corrected chi connectivity index (χ0v) is 15.6. The summed E-state index contributed by atoms with van der Waals surface area (Å²) in [6.07, 6.45) is 3.24. The number of ether oxygens (including phenoxy) is 1. The normalized spacial score (nSPS) is 21.8. The summed E-state index contributed by atoms with van der Waals surface area (Å²) in [5.41, 5.74) is 2.56. The Morgan fingerprint density at radius 3 is 2.37 bits per heavy atom. The van der Waals surface area contributed by atoms with Crippen molar-refractivity contribution in [1.29, 1.82) is 0 Å². The molecular formula is C20H24N2O5. The van der Waals surface area contributed by atoms with E-state index in [1.54, 1.807) is 0 Å². The Kier molecular flexibility index (Phi) is 5.58. The number of anilines is 1. The molecule has 0 bridgehead atoms. The van der Waals surface area contributed by atoms with Gasteiger partial charge in [0.2, 0.25) is 11.8 Å². The molecule has 7 heteroatoms. The molecule has 2 aliphatic rings. The molecule has 1 saturated heterocycles. The van der Waals surface area contributed by atoms with E-state index in [4.69, 9.17) is 4.74 Å². The van der Waals surface area contributed by atoms with Gasteiger partial charge in [0.15, 0.2) is 6.61 Å². The van der Waals surface area contributed by atoms with Gasteiger partial charge in [0.1, 0.15) is 6.54 Å².